The maximum absolute atomic E-state index is 3.37. The zero-order valence-corrected chi connectivity index (χ0v) is 10.1. The summed E-state index contributed by atoms with van der Waals surface area (Å²) in [6.45, 7) is 7.66. The van der Waals surface area contributed by atoms with Gasteiger partial charge in [-0.25, -0.2) is 0 Å². The minimum Gasteiger partial charge on any atom is -0.314 e. The van der Waals surface area contributed by atoms with Crippen molar-refractivity contribution in [1.82, 2.24) is 15.1 Å². The molecule has 3 heterocycles. The van der Waals surface area contributed by atoms with Gasteiger partial charge < -0.3 is 5.32 Å². The van der Waals surface area contributed by atoms with E-state index < -0.39 is 0 Å². The third-order valence-corrected chi connectivity index (χ3v) is 5.19. The summed E-state index contributed by atoms with van der Waals surface area (Å²) in [4.78, 5) is 5.40. The molecule has 0 aromatic heterocycles. The second-order valence-electron chi connectivity index (χ2n) is 4.90. The smallest absolute Gasteiger partial charge is 0.0346 e. The Morgan fingerprint density at radius 3 is 2.07 bits per heavy atom. The van der Waals surface area contributed by atoms with Gasteiger partial charge in [0.25, 0.3) is 0 Å². The number of nitrogens with zero attached hydrogens (tertiary/aromatic N) is 2. The van der Waals surface area contributed by atoms with E-state index in [0.717, 1.165) is 12.1 Å². The monoisotopic (exact) mass is 227 g/mol. The molecule has 15 heavy (non-hydrogen) atoms. The van der Waals surface area contributed by atoms with Crippen molar-refractivity contribution >= 4 is 11.8 Å². The summed E-state index contributed by atoms with van der Waals surface area (Å²) < 4.78 is 0. The Labute approximate surface area is 96.6 Å². The maximum Gasteiger partial charge on any atom is 0.0346 e. The maximum atomic E-state index is 3.37. The van der Waals surface area contributed by atoms with E-state index in [4.69, 9.17) is 0 Å². The minimum absolute atomic E-state index is 0.852. The second-order valence-corrected chi connectivity index (χ2v) is 6.05. The first-order chi connectivity index (χ1) is 7.43. The molecule has 0 aromatic carbocycles. The Kier molecular flexibility index (Phi) is 3.20. The van der Waals surface area contributed by atoms with Gasteiger partial charge >= 0.3 is 0 Å². The van der Waals surface area contributed by atoms with Crippen molar-refractivity contribution in [2.45, 2.75) is 18.5 Å². The van der Waals surface area contributed by atoms with Crippen LogP contribution in [0, 0.1) is 0 Å². The number of hydrogen-bond donors (Lipinski definition) is 1. The number of thioether (sulfide) groups is 1. The molecule has 3 saturated heterocycles. The van der Waals surface area contributed by atoms with E-state index >= 15 is 0 Å². The van der Waals surface area contributed by atoms with Crippen LogP contribution >= 0.6 is 11.8 Å². The van der Waals surface area contributed by atoms with Crippen molar-refractivity contribution in [3.63, 3.8) is 0 Å². The van der Waals surface area contributed by atoms with Gasteiger partial charge in [-0.2, -0.15) is 11.8 Å². The van der Waals surface area contributed by atoms with Gasteiger partial charge in [-0.3, -0.25) is 9.80 Å². The van der Waals surface area contributed by atoms with Crippen LogP contribution in [0.3, 0.4) is 0 Å². The van der Waals surface area contributed by atoms with E-state index in [1.807, 2.05) is 0 Å². The van der Waals surface area contributed by atoms with Crippen LogP contribution in [-0.2, 0) is 0 Å². The summed E-state index contributed by atoms with van der Waals surface area (Å²) in [5.41, 5.74) is 0. The van der Waals surface area contributed by atoms with Crippen molar-refractivity contribution < 1.29 is 0 Å². The normalized spacial score (nSPS) is 35.6. The Balaban J connectivity index is 1.47. The highest BCUT2D eigenvalue weighted by Crippen LogP contribution is 2.23. The van der Waals surface area contributed by atoms with Gasteiger partial charge in [-0.05, 0) is 12.2 Å². The quantitative estimate of drug-likeness (QED) is 0.720. The van der Waals surface area contributed by atoms with E-state index in [0.29, 0.717) is 0 Å². The first kappa shape index (κ1) is 10.4. The molecule has 0 amide bonds. The van der Waals surface area contributed by atoms with E-state index in [1.165, 1.54) is 57.2 Å². The van der Waals surface area contributed by atoms with Crippen molar-refractivity contribution in [3.8, 4) is 0 Å². The molecule has 3 fully saturated rings. The third-order valence-electron chi connectivity index (χ3n) is 4.05. The molecule has 0 aliphatic carbocycles. The summed E-state index contributed by atoms with van der Waals surface area (Å²) >= 11 is 2.13. The molecule has 0 spiro atoms. The van der Waals surface area contributed by atoms with Gasteiger partial charge in [-0.15, -0.1) is 0 Å². The van der Waals surface area contributed by atoms with Crippen LogP contribution in [0.2, 0.25) is 0 Å². The summed E-state index contributed by atoms with van der Waals surface area (Å²) in [5, 5.41) is 3.37. The highest BCUT2D eigenvalue weighted by Gasteiger charge is 2.30. The molecule has 0 aromatic rings. The van der Waals surface area contributed by atoms with Crippen molar-refractivity contribution in [2.24, 2.45) is 0 Å². The Morgan fingerprint density at radius 1 is 0.933 bits per heavy atom. The Morgan fingerprint density at radius 2 is 1.60 bits per heavy atom. The van der Waals surface area contributed by atoms with Crippen LogP contribution in [0.5, 0.6) is 0 Å². The molecule has 0 bridgehead atoms. The van der Waals surface area contributed by atoms with Crippen molar-refractivity contribution in [3.05, 3.63) is 0 Å². The molecule has 3 nitrogen and oxygen atoms in total. The zero-order valence-electron chi connectivity index (χ0n) is 9.32. The van der Waals surface area contributed by atoms with Gasteiger partial charge in [0.2, 0.25) is 0 Å². The van der Waals surface area contributed by atoms with Crippen molar-refractivity contribution in [2.75, 3.05) is 50.8 Å². The van der Waals surface area contributed by atoms with Crippen LogP contribution in [0.25, 0.3) is 0 Å². The minimum atomic E-state index is 0.852. The lowest BCUT2D eigenvalue weighted by atomic mass is 10.1. The fourth-order valence-corrected chi connectivity index (χ4v) is 4.06. The van der Waals surface area contributed by atoms with Crippen molar-refractivity contribution in [1.29, 1.82) is 0 Å². The van der Waals surface area contributed by atoms with Gasteiger partial charge in [0.05, 0.1) is 0 Å². The lowest BCUT2D eigenvalue weighted by molar-refractivity contribution is 0.0570. The zero-order chi connectivity index (χ0) is 10.1. The molecular weight excluding hydrogens is 206 g/mol. The average molecular weight is 227 g/mol. The number of piperazine rings is 1. The summed E-state index contributed by atoms with van der Waals surface area (Å²) in [6.07, 6.45) is 1.43. The molecule has 4 heteroatoms. The van der Waals surface area contributed by atoms with E-state index in [-0.39, 0.29) is 0 Å². The molecule has 0 saturated carbocycles. The van der Waals surface area contributed by atoms with Gasteiger partial charge in [-0.1, -0.05) is 0 Å². The van der Waals surface area contributed by atoms with Gasteiger partial charge in [0.1, 0.15) is 0 Å². The van der Waals surface area contributed by atoms with E-state index in [9.17, 15) is 0 Å². The van der Waals surface area contributed by atoms with E-state index in [1.54, 1.807) is 0 Å². The molecule has 1 N–H and O–H groups in total. The first-order valence-corrected chi connectivity index (χ1v) is 7.35. The fraction of sp³-hybridized carbons (Fsp3) is 1.00. The summed E-state index contributed by atoms with van der Waals surface area (Å²) in [6, 6.07) is 1.75. The SMILES string of the molecule is C1CC(N2CCN(C3CNC3)CC2)CS1. The van der Waals surface area contributed by atoms with Gasteiger partial charge in [0, 0.05) is 57.1 Å². The molecule has 0 radical (unpaired) electrons. The molecule has 3 aliphatic rings. The third kappa shape index (κ3) is 2.18. The number of rotatable bonds is 2. The van der Waals surface area contributed by atoms with Crippen LogP contribution in [0.4, 0.5) is 0 Å². The predicted octanol–water partition coefficient (Wildman–Crippen LogP) is 0.0813. The van der Waals surface area contributed by atoms with Crippen LogP contribution in [-0.4, -0.2) is 72.7 Å². The topological polar surface area (TPSA) is 18.5 Å². The lowest BCUT2D eigenvalue weighted by Gasteiger charge is -2.44. The predicted molar refractivity (Wildman–Crippen MR) is 65.5 cm³/mol. The fourth-order valence-electron chi connectivity index (χ4n) is 2.81. The standard InChI is InChI=1S/C11H21N3S/c1-6-15-9-10(1)13-2-4-14(5-3-13)11-7-12-8-11/h10-12H,1-9H2. The molecule has 86 valence electrons. The van der Waals surface area contributed by atoms with Crippen LogP contribution in [0.15, 0.2) is 0 Å². The Hall–Kier alpha value is 0.230. The number of hydrogen-bond acceptors (Lipinski definition) is 4. The lowest BCUT2D eigenvalue weighted by Crippen LogP contribution is -2.62. The average Bonchev–Trinajstić information content (AvgIpc) is 2.69. The van der Waals surface area contributed by atoms with Gasteiger partial charge in [0.15, 0.2) is 0 Å². The van der Waals surface area contributed by atoms with Crippen LogP contribution < -0.4 is 5.32 Å². The highest BCUT2D eigenvalue weighted by molar-refractivity contribution is 7.99. The van der Waals surface area contributed by atoms with E-state index in [2.05, 4.69) is 26.9 Å². The Bertz CT molecular complexity index is 206. The molecule has 1 atom stereocenters. The largest absolute Gasteiger partial charge is 0.314 e. The summed E-state index contributed by atoms with van der Waals surface area (Å²) in [7, 11) is 0. The first-order valence-electron chi connectivity index (χ1n) is 6.20. The van der Waals surface area contributed by atoms with Crippen LogP contribution in [0.1, 0.15) is 6.42 Å². The summed E-state index contributed by atoms with van der Waals surface area (Å²) in [5.74, 6) is 2.77. The molecule has 3 aliphatic heterocycles. The second kappa shape index (κ2) is 4.62. The number of nitrogens with one attached hydrogen (secondary N) is 1. The molecule has 1 unspecified atom stereocenters. The molecule has 3 rings (SSSR count). The molecular formula is C11H21N3S. The highest BCUT2D eigenvalue weighted by atomic mass is 32.2.